The highest BCUT2D eigenvalue weighted by molar-refractivity contribution is 6.08. The van der Waals surface area contributed by atoms with Gasteiger partial charge in [-0.1, -0.05) is 30.3 Å². The number of halogens is 1. The molecule has 0 atom stereocenters. The molecule has 1 amide bonds. The Bertz CT molecular complexity index is 786. The number of hydrogen-bond donors (Lipinski definition) is 1. The van der Waals surface area contributed by atoms with Crippen molar-refractivity contribution in [1.29, 1.82) is 0 Å². The average molecular weight is 292 g/mol. The molecule has 4 heteroatoms. The van der Waals surface area contributed by atoms with E-state index in [4.69, 9.17) is 0 Å². The van der Waals surface area contributed by atoms with Gasteiger partial charge in [-0.25, -0.2) is 4.39 Å². The van der Waals surface area contributed by atoms with E-state index in [9.17, 15) is 9.18 Å². The Morgan fingerprint density at radius 2 is 1.68 bits per heavy atom. The lowest BCUT2D eigenvalue weighted by Crippen LogP contribution is -2.13. The van der Waals surface area contributed by atoms with Crippen molar-refractivity contribution in [3.05, 3.63) is 84.4 Å². The summed E-state index contributed by atoms with van der Waals surface area (Å²) >= 11 is 0. The van der Waals surface area contributed by atoms with E-state index in [1.54, 1.807) is 24.4 Å². The minimum atomic E-state index is -0.312. The highest BCUT2D eigenvalue weighted by Gasteiger charge is 2.13. The fourth-order valence-electron chi connectivity index (χ4n) is 2.18. The molecule has 1 N–H and O–H groups in total. The standard InChI is InChI=1S/C18H13FN2O/c19-14-8-6-13(7-9-14)16-10-11-20-12-17(16)18(22)21-15-4-2-1-3-5-15/h1-12H,(H,21,22). The first kappa shape index (κ1) is 13.9. The van der Waals surface area contributed by atoms with Gasteiger partial charge in [0.15, 0.2) is 0 Å². The molecule has 0 fully saturated rings. The second-order valence-corrected chi connectivity index (χ2v) is 4.75. The molecular weight excluding hydrogens is 279 g/mol. The first-order valence-corrected chi connectivity index (χ1v) is 6.80. The van der Waals surface area contributed by atoms with Gasteiger partial charge in [-0.05, 0) is 41.5 Å². The van der Waals surface area contributed by atoms with E-state index >= 15 is 0 Å². The molecule has 1 aromatic heterocycles. The maximum absolute atomic E-state index is 13.1. The lowest BCUT2D eigenvalue weighted by Gasteiger charge is -2.10. The van der Waals surface area contributed by atoms with Crippen LogP contribution in [0.2, 0.25) is 0 Å². The zero-order chi connectivity index (χ0) is 15.4. The summed E-state index contributed by atoms with van der Waals surface area (Å²) < 4.78 is 13.1. The van der Waals surface area contributed by atoms with Crippen LogP contribution >= 0.6 is 0 Å². The molecule has 3 rings (SSSR count). The van der Waals surface area contributed by atoms with Crippen molar-refractivity contribution in [2.75, 3.05) is 5.32 Å². The first-order chi connectivity index (χ1) is 10.7. The number of pyridine rings is 1. The summed E-state index contributed by atoms with van der Waals surface area (Å²) in [4.78, 5) is 16.5. The fraction of sp³-hybridized carbons (Fsp3) is 0. The molecule has 0 spiro atoms. The molecular formula is C18H13FN2O. The zero-order valence-corrected chi connectivity index (χ0v) is 11.7. The molecule has 0 radical (unpaired) electrons. The van der Waals surface area contributed by atoms with Gasteiger partial charge in [0.05, 0.1) is 5.56 Å². The summed E-state index contributed by atoms with van der Waals surface area (Å²) in [5.41, 5.74) is 2.63. The van der Waals surface area contributed by atoms with E-state index in [0.717, 1.165) is 5.56 Å². The van der Waals surface area contributed by atoms with Crippen molar-refractivity contribution < 1.29 is 9.18 Å². The molecule has 1 heterocycles. The summed E-state index contributed by atoms with van der Waals surface area (Å²) in [5.74, 6) is -0.563. The molecule has 0 aliphatic rings. The normalized spacial score (nSPS) is 10.2. The molecule has 2 aromatic carbocycles. The predicted octanol–water partition coefficient (Wildman–Crippen LogP) is 4.14. The Hall–Kier alpha value is -3.01. The monoisotopic (exact) mass is 292 g/mol. The number of carbonyl (C=O) groups excluding carboxylic acids is 1. The van der Waals surface area contributed by atoms with E-state index < -0.39 is 0 Å². The number of nitrogens with zero attached hydrogens (tertiary/aromatic N) is 1. The van der Waals surface area contributed by atoms with E-state index in [0.29, 0.717) is 16.8 Å². The zero-order valence-electron chi connectivity index (χ0n) is 11.7. The van der Waals surface area contributed by atoms with Gasteiger partial charge in [-0.2, -0.15) is 0 Å². The summed E-state index contributed by atoms with van der Waals surface area (Å²) in [7, 11) is 0. The van der Waals surface area contributed by atoms with Crippen LogP contribution in [-0.2, 0) is 0 Å². The Kier molecular flexibility index (Phi) is 3.92. The van der Waals surface area contributed by atoms with Crippen molar-refractivity contribution in [1.82, 2.24) is 4.98 Å². The summed E-state index contributed by atoms with van der Waals surface area (Å²) in [6, 6.07) is 17.0. The second kappa shape index (κ2) is 6.18. The van der Waals surface area contributed by atoms with Crippen molar-refractivity contribution in [3.63, 3.8) is 0 Å². The van der Waals surface area contributed by atoms with E-state index in [-0.39, 0.29) is 11.7 Å². The Balaban J connectivity index is 1.94. The first-order valence-electron chi connectivity index (χ1n) is 6.80. The van der Waals surface area contributed by atoms with Crippen molar-refractivity contribution in [3.8, 4) is 11.1 Å². The predicted molar refractivity (Wildman–Crippen MR) is 84.0 cm³/mol. The van der Waals surface area contributed by atoms with Gasteiger partial charge in [0.2, 0.25) is 0 Å². The van der Waals surface area contributed by atoms with E-state index in [1.807, 2.05) is 30.3 Å². The molecule has 22 heavy (non-hydrogen) atoms. The fourth-order valence-corrected chi connectivity index (χ4v) is 2.18. The number of carbonyl (C=O) groups is 1. The summed E-state index contributed by atoms with van der Waals surface area (Å²) in [6.45, 7) is 0. The number of aromatic nitrogens is 1. The number of nitrogens with one attached hydrogen (secondary N) is 1. The Morgan fingerprint density at radius 3 is 2.41 bits per heavy atom. The van der Waals surface area contributed by atoms with Gasteiger partial charge in [-0.15, -0.1) is 0 Å². The molecule has 0 bridgehead atoms. The second-order valence-electron chi connectivity index (χ2n) is 4.75. The summed E-state index contributed by atoms with van der Waals surface area (Å²) in [5, 5.41) is 2.83. The van der Waals surface area contributed by atoms with E-state index in [1.165, 1.54) is 18.3 Å². The van der Waals surface area contributed by atoms with Crippen LogP contribution < -0.4 is 5.32 Å². The average Bonchev–Trinajstić information content (AvgIpc) is 2.56. The smallest absolute Gasteiger partial charge is 0.257 e. The topological polar surface area (TPSA) is 42.0 Å². The van der Waals surface area contributed by atoms with Crippen LogP contribution in [0.4, 0.5) is 10.1 Å². The lowest BCUT2D eigenvalue weighted by molar-refractivity contribution is 0.102. The van der Waals surface area contributed by atoms with Crippen LogP contribution in [-0.4, -0.2) is 10.9 Å². The highest BCUT2D eigenvalue weighted by atomic mass is 19.1. The summed E-state index contributed by atoms with van der Waals surface area (Å²) in [6.07, 6.45) is 3.12. The third kappa shape index (κ3) is 3.01. The quantitative estimate of drug-likeness (QED) is 0.788. The number of benzene rings is 2. The SMILES string of the molecule is O=C(Nc1ccccc1)c1cnccc1-c1ccc(F)cc1. The maximum Gasteiger partial charge on any atom is 0.257 e. The number of amides is 1. The highest BCUT2D eigenvalue weighted by Crippen LogP contribution is 2.24. The minimum Gasteiger partial charge on any atom is -0.322 e. The van der Waals surface area contributed by atoms with Crippen LogP contribution in [0.3, 0.4) is 0 Å². The lowest BCUT2D eigenvalue weighted by atomic mass is 10.0. The molecule has 0 saturated heterocycles. The molecule has 0 saturated carbocycles. The van der Waals surface area contributed by atoms with Crippen molar-refractivity contribution in [2.24, 2.45) is 0 Å². The van der Waals surface area contributed by atoms with Gasteiger partial charge in [0.25, 0.3) is 5.91 Å². The van der Waals surface area contributed by atoms with Crippen molar-refractivity contribution in [2.45, 2.75) is 0 Å². The van der Waals surface area contributed by atoms with Crippen LogP contribution in [0, 0.1) is 5.82 Å². The Morgan fingerprint density at radius 1 is 0.955 bits per heavy atom. The van der Waals surface area contributed by atoms with Crippen molar-refractivity contribution >= 4 is 11.6 Å². The molecule has 0 aliphatic carbocycles. The maximum atomic E-state index is 13.1. The van der Waals surface area contributed by atoms with Gasteiger partial charge in [-0.3, -0.25) is 9.78 Å². The van der Waals surface area contributed by atoms with Gasteiger partial charge >= 0.3 is 0 Å². The van der Waals surface area contributed by atoms with Gasteiger partial charge in [0, 0.05) is 18.1 Å². The molecule has 0 unspecified atom stereocenters. The van der Waals surface area contributed by atoms with Crippen LogP contribution in [0.25, 0.3) is 11.1 Å². The molecule has 108 valence electrons. The van der Waals surface area contributed by atoms with Crippen LogP contribution in [0.5, 0.6) is 0 Å². The van der Waals surface area contributed by atoms with Crippen LogP contribution in [0.1, 0.15) is 10.4 Å². The van der Waals surface area contributed by atoms with E-state index in [2.05, 4.69) is 10.3 Å². The third-order valence-corrected chi connectivity index (χ3v) is 3.25. The van der Waals surface area contributed by atoms with Gasteiger partial charge < -0.3 is 5.32 Å². The third-order valence-electron chi connectivity index (χ3n) is 3.25. The largest absolute Gasteiger partial charge is 0.322 e. The number of rotatable bonds is 3. The van der Waals surface area contributed by atoms with Crippen LogP contribution in [0.15, 0.2) is 73.1 Å². The molecule has 3 aromatic rings. The number of para-hydroxylation sites is 1. The molecule has 0 aliphatic heterocycles. The minimum absolute atomic E-state index is 0.251. The Labute approximate surface area is 127 Å². The van der Waals surface area contributed by atoms with Gasteiger partial charge in [0.1, 0.15) is 5.82 Å². The molecule has 3 nitrogen and oxygen atoms in total. The number of hydrogen-bond acceptors (Lipinski definition) is 2. The number of anilines is 1.